The molecule has 0 aliphatic heterocycles. The van der Waals surface area contributed by atoms with Gasteiger partial charge in [0.15, 0.2) is 11.5 Å². The fraction of sp³-hybridized carbons (Fsp3) is 0.727. The Labute approximate surface area is 190 Å². The van der Waals surface area contributed by atoms with Gasteiger partial charge in [-0.15, -0.1) is 11.3 Å². The minimum atomic E-state index is -0.525. The number of nitrogen functional groups attached to an aromatic ring is 2. The Morgan fingerprint density at radius 3 is 1.39 bits per heavy atom. The van der Waals surface area contributed by atoms with Gasteiger partial charge in [-0.25, -0.2) is 11.7 Å². The number of thiophene rings is 1. The van der Waals surface area contributed by atoms with E-state index in [0.29, 0.717) is 13.2 Å². The molecule has 1 aromatic heterocycles. The van der Waals surface area contributed by atoms with Gasteiger partial charge in [0.25, 0.3) is 11.8 Å². The van der Waals surface area contributed by atoms with Crippen LogP contribution in [0.15, 0.2) is 0 Å². The van der Waals surface area contributed by atoms with Crippen LogP contribution in [0.1, 0.15) is 110 Å². The molecule has 6 N–H and O–H groups in total. The van der Waals surface area contributed by atoms with Crippen molar-refractivity contribution >= 4 is 23.2 Å². The Kier molecular flexibility index (Phi) is 14.7. The maximum atomic E-state index is 12.3. The highest BCUT2D eigenvalue weighted by Crippen LogP contribution is 2.42. The largest absolute Gasteiger partial charge is 0.488 e. The summed E-state index contributed by atoms with van der Waals surface area (Å²) in [4.78, 5) is 25.0. The zero-order valence-corrected chi connectivity index (χ0v) is 19.9. The number of unbranched alkanes of at least 4 members (excludes halogenated alkanes) is 10. The highest BCUT2D eigenvalue weighted by molar-refractivity contribution is 7.16. The fourth-order valence-corrected chi connectivity index (χ4v) is 4.20. The van der Waals surface area contributed by atoms with Crippen molar-refractivity contribution in [3.63, 3.8) is 0 Å². The third kappa shape index (κ3) is 9.88. The highest BCUT2D eigenvalue weighted by atomic mass is 32.1. The summed E-state index contributed by atoms with van der Waals surface area (Å²) in [5, 5.41) is 0. The molecule has 0 aliphatic rings. The molecule has 8 nitrogen and oxygen atoms in total. The molecular formula is C22H40N4O4S. The zero-order valence-electron chi connectivity index (χ0n) is 19.1. The first-order valence-corrected chi connectivity index (χ1v) is 12.4. The SMILES string of the molecule is CCCCCCCCOc1c(C(=O)NN)sc(C(=O)NN)c1OCCCCCCCC. The lowest BCUT2D eigenvalue weighted by molar-refractivity contribution is 0.0943. The van der Waals surface area contributed by atoms with Gasteiger partial charge < -0.3 is 9.47 Å². The Morgan fingerprint density at radius 1 is 0.677 bits per heavy atom. The van der Waals surface area contributed by atoms with Crippen molar-refractivity contribution in [2.24, 2.45) is 11.7 Å². The number of hydrogen-bond acceptors (Lipinski definition) is 7. The van der Waals surface area contributed by atoms with Crippen LogP contribution in [0.3, 0.4) is 0 Å². The molecule has 178 valence electrons. The van der Waals surface area contributed by atoms with Gasteiger partial charge in [-0.05, 0) is 12.8 Å². The van der Waals surface area contributed by atoms with Crippen LogP contribution in [0.4, 0.5) is 0 Å². The van der Waals surface area contributed by atoms with Crippen molar-refractivity contribution in [3.05, 3.63) is 9.75 Å². The molecule has 31 heavy (non-hydrogen) atoms. The minimum Gasteiger partial charge on any atom is -0.488 e. The molecule has 1 rings (SSSR count). The summed E-state index contributed by atoms with van der Waals surface area (Å²) in [6.45, 7) is 5.24. The summed E-state index contributed by atoms with van der Waals surface area (Å²) in [5.41, 5.74) is 4.23. The average molecular weight is 457 g/mol. The molecule has 0 aliphatic carbocycles. The molecule has 0 aromatic carbocycles. The summed E-state index contributed by atoms with van der Waals surface area (Å²) in [6.07, 6.45) is 13.4. The van der Waals surface area contributed by atoms with Gasteiger partial charge in [0.05, 0.1) is 13.2 Å². The zero-order chi connectivity index (χ0) is 22.9. The van der Waals surface area contributed by atoms with E-state index in [2.05, 4.69) is 24.7 Å². The molecule has 1 heterocycles. The molecular weight excluding hydrogens is 416 g/mol. The molecule has 0 unspecified atom stereocenters. The van der Waals surface area contributed by atoms with E-state index in [4.69, 9.17) is 21.2 Å². The molecule has 0 spiro atoms. The third-order valence-electron chi connectivity index (χ3n) is 4.99. The number of amides is 2. The van der Waals surface area contributed by atoms with E-state index in [9.17, 15) is 9.59 Å². The Morgan fingerprint density at radius 2 is 1.03 bits per heavy atom. The van der Waals surface area contributed by atoms with Crippen molar-refractivity contribution in [2.45, 2.75) is 90.9 Å². The quantitative estimate of drug-likeness (QED) is 0.112. The van der Waals surface area contributed by atoms with E-state index in [0.717, 1.165) is 49.9 Å². The lowest BCUT2D eigenvalue weighted by Crippen LogP contribution is -2.30. The molecule has 0 fully saturated rings. The molecule has 0 radical (unpaired) electrons. The van der Waals surface area contributed by atoms with Crippen LogP contribution < -0.4 is 32.0 Å². The number of rotatable bonds is 18. The maximum absolute atomic E-state index is 12.3. The number of hydrazine groups is 2. The fourth-order valence-electron chi connectivity index (χ4n) is 3.21. The van der Waals surface area contributed by atoms with Crippen molar-refractivity contribution in [2.75, 3.05) is 13.2 Å². The number of nitrogens with two attached hydrogens (primary N) is 2. The van der Waals surface area contributed by atoms with Crippen molar-refractivity contribution < 1.29 is 19.1 Å². The van der Waals surface area contributed by atoms with Crippen LogP contribution in [0, 0.1) is 0 Å². The lowest BCUT2D eigenvalue weighted by atomic mass is 10.1. The highest BCUT2D eigenvalue weighted by Gasteiger charge is 2.29. The second-order valence-electron chi connectivity index (χ2n) is 7.60. The monoisotopic (exact) mass is 456 g/mol. The summed E-state index contributed by atoms with van der Waals surface area (Å²) in [7, 11) is 0. The smallest absolute Gasteiger partial charge is 0.279 e. The van der Waals surface area contributed by atoms with E-state index in [1.165, 1.54) is 38.5 Å². The molecule has 0 bridgehead atoms. The summed E-state index contributed by atoms with van der Waals surface area (Å²) < 4.78 is 11.9. The maximum Gasteiger partial charge on any atom is 0.279 e. The van der Waals surface area contributed by atoms with Gasteiger partial charge in [-0.2, -0.15) is 0 Å². The molecule has 2 amide bonds. The van der Waals surface area contributed by atoms with Gasteiger partial charge >= 0.3 is 0 Å². The Balaban J connectivity index is 2.82. The summed E-state index contributed by atoms with van der Waals surface area (Å²) in [5.74, 6) is 10.1. The van der Waals surface area contributed by atoms with Gasteiger partial charge in [-0.3, -0.25) is 20.4 Å². The molecule has 0 saturated heterocycles. The number of nitrogens with one attached hydrogen (secondary N) is 2. The first-order chi connectivity index (χ1) is 15.1. The lowest BCUT2D eigenvalue weighted by Gasteiger charge is -2.12. The summed E-state index contributed by atoms with van der Waals surface area (Å²) >= 11 is 0.967. The predicted octanol–water partition coefficient (Wildman–Crippen LogP) is 4.43. The molecule has 0 atom stereocenters. The average Bonchev–Trinajstić information content (AvgIpc) is 3.15. The van der Waals surface area contributed by atoms with Crippen molar-refractivity contribution in [3.8, 4) is 11.5 Å². The second kappa shape index (κ2) is 16.8. The first kappa shape index (κ1) is 27.2. The van der Waals surface area contributed by atoms with Gasteiger partial charge in [0.1, 0.15) is 9.75 Å². The van der Waals surface area contributed by atoms with Crippen LogP contribution in [0.2, 0.25) is 0 Å². The third-order valence-corrected chi connectivity index (χ3v) is 6.14. The van der Waals surface area contributed by atoms with E-state index in [-0.39, 0.29) is 21.3 Å². The minimum absolute atomic E-state index is 0.213. The molecule has 1 aromatic rings. The van der Waals surface area contributed by atoms with Crippen molar-refractivity contribution in [1.29, 1.82) is 0 Å². The predicted molar refractivity (Wildman–Crippen MR) is 125 cm³/mol. The Bertz CT molecular complexity index is 599. The van der Waals surface area contributed by atoms with Crippen LogP contribution in [0.5, 0.6) is 11.5 Å². The molecule has 0 saturated carbocycles. The van der Waals surface area contributed by atoms with E-state index >= 15 is 0 Å². The van der Waals surface area contributed by atoms with E-state index in [1.54, 1.807) is 0 Å². The van der Waals surface area contributed by atoms with Crippen molar-refractivity contribution in [1.82, 2.24) is 10.9 Å². The van der Waals surface area contributed by atoms with Crippen LogP contribution >= 0.6 is 11.3 Å². The Hall–Kier alpha value is -1.84. The van der Waals surface area contributed by atoms with Gasteiger partial charge in [0, 0.05) is 0 Å². The van der Waals surface area contributed by atoms with E-state index < -0.39 is 11.8 Å². The van der Waals surface area contributed by atoms with Crippen LogP contribution in [0.25, 0.3) is 0 Å². The van der Waals surface area contributed by atoms with Gasteiger partial charge in [-0.1, -0.05) is 78.1 Å². The van der Waals surface area contributed by atoms with E-state index in [1.807, 2.05) is 0 Å². The number of carbonyl (C=O) groups excluding carboxylic acids is 2. The van der Waals surface area contributed by atoms with Crippen LogP contribution in [-0.4, -0.2) is 25.0 Å². The molecule has 9 heteroatoms. The number of ether oxygens (including phenoxy) is 2. The number of carbonyl (C=O) groups is 2. The standard InChI is InChI=1S/C22H40N4O4S/c1-3-5-7-9-11-13-15-29-17-18(30-16-14-12-10-8-6-4-2)20(22(28)26-24)31-19(17)21(27)25-23/h3-16,23-24H2,1-2H3,(H,25,27)(H,26,28). The van der Waals surface area contributed by atoms with Gasteiger partial charge in [0.2, 0.25) is 0 Å². The first-order valence-electron chi connectivity index (χ1n) is 11.5. The normalized spacial score (nSPS) is 10.7. The number of hydrogen-bond donors (Lipinski definition) is 4. The topological polar surface area (TPSA) is 129 Å². The van der Waals surface area contributed by atoms with Crippen LogP contribution in [-0.2, 0) is 0 Å². The summed E-state index contributed by atoms with van der Waals surface area (Å²) in [6, 6.07) is 0. The second-order valence-corrected chi connectivity index (χ2v) is 8.62.